The second kappa shape index (κ2) is 2.64. The molecule has 70 valence electrons. The molecular formula is C12H10O2. The second-order valence-electron chi connectivity index (χ2n) is 3.53. The van der Waals surface area contributed by atoms with Crippen molar-refractivity contribution in [1.82, 2.24) is 0 Å². The molecule has 14 heavy (non-hydrogen) atoms. The lowest BCUT2D eigenvalue weighted by atomic mass is 10.0. The van der Waals surface area contributed by atoms with Gasteiger partial charge in [-0.05, 0) is 11.5 Å². The smallest absolute Gasteiger partial charge is 0.165 e. The Balaban J connectivity index is 2.44. The van der Waals surface area contributed by atoms with Crippen LogP contribution in [0.4, 0.5) is 0 Å². The van der Waals surface area contributed by atoms with Gasteiger partial charge in [-0.1, -0.05) is 24.3 Å². The summed E-state index contributed by atoms with van der Waals surface area (Å²) in [4.78, 5) is 0. The van der Waals surface area contributed by atoms with Crippen LogP contribution < -0.4 is 4.74 Å². The summed E-state index contributed by atoms with van der Waals surface area (Å²) in [6.45, 7) is 0.680. The van der Waals surface area contributed by atoms with Gasteiger partial charge in [0.15, 0.2) is 11.5 Å². The third-order valence-corrected chi connectivity index (χ3v) is 2.67. The van der Waals surface area contributed by atoms with Crippen molar-refractivity contribution in [2.24, 2.45) is 0 Å². The van der Waals surface area contributed by atoms with Gasteiger partial charge in [-0.2, -0.15) is 0 Å². The van der Waals surface area contributed by atoms with Gasteiger partial charge in [0.2, 0.25) is 0 Å². The van der Waals surface area contributed by atoms with Crippen molar-refractivity contribution < 1.29 is 9.84 Å². The Hall–Kier alpha value is -1.70. The van der Waals surface area contributed by atoms with Gasteiger partial charge in [-0.3, -0.25) is 0 Å². The fraction of sp³-hybridized carbons (Fsp3) is 0.167. The van der Waals surface area contributed by atoms with Gasteiger partial charge in [0.1, 0.15) is 0 Å². The molecule has 2 nitrogen and oxygen atoms in total. The van der Waals surface area contributed by atoms with Crippen molar-refractivity contribution in [2.75, 3.05) is 6.61 Å². The summed E-state index contributed by atoms with van der Waals surface area (Å²) >= 11 is 0. The summed E-state index contributed by atoms with van der Waals surface area (Å²) in [6, 6.07) is 9.91. The van der Waals surface area contributed by atoms with Gasteiger partial charge >= 0.3 is 0 Å². The Labute approximate surface area is 81.7 Å². The Bertz CT molecular complexity index is 503. The summed E-state index contributed by atoms with van der Waals surface area (Å²) in [5.41, 5.74) is 1.11. The quantitative estimate of drug-likeness (QED) is 0.684. The number of phenolic OH excluding ortho intramolecular Hbond substituents is 1. The molecule has 0 fully saturated rings. The predicted molar refractivity (Wildman–Crippen MR) is 54.8 cm³/mol. The highest BCUT2D eigenvalue weighted by molar-refractivity contribution is 5.91. The van der Waals surface area contributed by atoms with E-state index in [0.717, 1.165) is 22.8 Å². The number of aromatic hydroxyl groups is 1. The van der Waals surface area contributed by atoms with E-state index in [1.165, 1.54) is 0 Å². The first-order valence-corrected chi connectivity index (χ1v) is 4.72. The van der Waals surface area contributed by atoms with Crippen LogP contribution in [0, 0.1) is 0 Å². The van der Waals surface area contributed by atoms with Crippen LogP contribution in [-0.2, 0) is 6.42 Å². The van der Waals surface area contributed by atoms with Crippen molar-refractivity contribution in [3.63, 3.8) is 0 Å². The molecular weight excluding hydrogens is 176 g/mol. The molecule has 0 spiro atoms. The SMILES string of the molecule is Oc1c2c(cc3ccccc13)CCO2. The number of ether oxygens (including phenoxy) is 1. The van der Waals surface area contributed by atoms with Crippen LogP contribution in [0.25, 0.3) is 10.8 Å². The van der Waals surface area contributed by atoms with Crippen LogP contribution in [0.1, 0.15) is 5.56 Å². The zero-order valence-electron chi connectivity index (χ0n) is 7.66. The highest BCUT2D eigenvalue weighted by atomic mass is 16.5. The number of benzene rings is 2. The summed E-state index contributed by atoms with van der Waals surface area (Å²) in [5.74, 6) is 0.958. The van der Waals surface area contributed by atoms with E-state index in [-0.39, 0.29) is 5.75 Å². The number of rotatable bonds is 0. The van der Waals surface area contributed by atoms with Crippen molar-refractivity contribution in [3.8, 4) is 11.5 Å². The number of phenols is 1. The molecule has 2 aromatic rings. The van der Waals surface area contributed by atoms with Crippen molar-refractivity contribution in [3.05, 3.63) is 35.9 Å². The Morgan fingerprint density at radius 2 is 2.07 bits per heavy atom. The molecule has 1 aliphatic heterocycles. The maximum Gasteiger partial charge on any atom is 0.165 e. The van der Waals surface area contributed by atoms with E-state index in [1.54, 1.807) is 0 Å². The van der Waals surface area contributed by atoms with E-state index in [9.17, 15) is 5.11 Å². The molecule has 0 aromatic heterocycles. The summed E-state index contributed by atoms with van der Waals surface area (Å²) in [6.07, 6.45) is 0.897. The molecule has 3 rings (SSSR count). The summed E-state index contributed by atoms with van der Waals surface area (Å²) in [5, 5.41) is 11.9. The standard InChI is InChI=1S/C12H10O2/c13-11-10-4-2-1-3-8(10)7-9-5-6-14-12(9)11/h1-4,7,13H,5-6H2. The first-order valence-electron chi connectivity index (χ1n) is 4.72. The van der Waals surface area contributed by atoms with Crippen LogP contribution in [-0.4, -0.2) is 11.7 Å². The van der Waals surface area contributed by atoms with E-state index in [1.807, 2.05) is 24.3 Å². The molecule has 1 aliphatic rings. The fourth-order valence-corrected chi connectivity index (χ4v) is 1.98. The van der Waals surface area contributed by atoms with Gasteiger partial charge in [0, 0.05) is 17.4 Å². The van der Waals surface area contributed by atoms with Crippen LogP contribution in [0.5, 0.6) is 11.5 Å². The average molecular weight is 186 g/mol. The van der Waals surface area contributed by atoms with Gasteiger partial charge in [-0.15, -0.1) is 0 Å². The monoisotopic (exact) mass is 186 g/mol. The fourth-order valence-electron chi connectivity index (χ4n) is 1.98. The number of fused-ring (bicyclic) bond motifs is 2. The van der Waals surface area contributed by atoms with E-state index in [0.29, 0.717) is 12.4 Å². The van der Waals surface area contributed by atoms with Crippen LogP contribution in [0.15, 0.2) is 30.3 Å². The molecule has 0 bridgehead atoms. The normalized spacial score (nSPS) is 14.0. The van der Waals surface area contributed by atoms with Crippen molar-refractivity contribution in [1.29, 1.82) is 0 Å². The van der Waals surface area contributed by atoms with Crippen LogP contribution >= 0.6 is 0 Å². The average Bonchev–Trinajstić information content (AvgIpc) is 2.66. The number of hydrogen-bond acceptors (Lipinski definition) is 2. The lowest BCUT2D eigenvalue weighted by Gasteiger charge is -2.06. The van der Waals surface area contributed by atoms with E-state index in [4.69, 9.17) is 4.74 Å². The first kappa shape index (κ1) is 7.68. The molecule has 2 aromatic carbocycles. The van der Waals surface area contributed by atoms with Gasteiger partial charge in [0.05, 0.1) is 6.61 Å². The molecule has 0 saturated carbocycles. The summed E-state index contributed by atoms with van der Waals surface area (Å²) in [7, 11) is 0. The largest absolute Gasteiger partial charge is 0.504 e. The molecule has 0 aliphatic carbocycles. The molecule has 0 amide bonds. The number of hydrogen-bond donors (Lipinski definition) is 1. The molecule has 2 heteroatoms. The molecule has 0 unspecified atom stereocenters. The highest BCUT2D eigenvalue weighted by Gasteiger charge is 2.18. The lowest BCUT2D eigenvalue weighted by Crippen LogP contribution is -1.86. The minimum absolute atomic E-state index is 0.288. The lowest BCUT2D eigenvalue weighted by molar-refractivity contribution is 0.336. The highest BCUT2D eigenvalue weighted by Crippen LogP contribution is 2.40. The van der Waals surface area contributed by atoms with E-state index in [2.05, 4.69) is 6.07 Å². The maximum absolute atomic E-state index is 9.95. The minimum atomic E-state index is 0.288. The summed E-state index contributed by atoms with van der Waals surface area (Å²) < 4.78 is 5.39. The molecule has 0 radical (unpaired) electrons. The molecule has 1 N–H and O–H groups in total. The molecule has 0 saturated heterocycles. The molecule has 1 heterocycles. The zero-order valence-corrected chi connectivity index (χ0v) is 7.66. The van der Waals surface area contributed by atoms with Crippen LogP contribution in [0.3, 0.4) is 0 Å². The van der Waals surface area contributed by atoms with E-state index < -0.39 is 0 Å². The third-order valence-electron chi connectivity index (χ3n) is 2.67. The minimum Gasteiger partial charge on any atom is -0.504 e. The second-order valence-corrected chi connectivity index (χ2v) is 3.53. The first-order chi connectivity index (χ1) is 6.86. The Morgan fingerprint density at radius 3 is 3.00 bits per heavy atom. The van der Waals surface area contributed by atoms with Crippen molar-refractivity contribution in [2.45, 2.75) is 6.42 Å². The Kier molecular flexibility index (Phi) is 1.45. The third kappa shape index (κ3) is 0.909. The van der Waals surface area contributed by atoms with Gasteiger partial charge < -0.3 is 9.84 Å². The maximum atomic E-state index is 9.95. The van der Waals surface area contributed by atoms with Crippen molar-refractivity contribution >= 4 is 10.8 Å². The molecule has 0 atom stereocenters. The Morgan fingerprint density at radius 1 is 1.21 bits per heavy atom. The van der Waals surface area contributed by atoms with E-state index >= 15 is 0 Å². The van der Waals surface area contributed by atoms with Gasteiger partial charge in [0.25, 0.3) is 0 Å². The van der Waals surface area contributed by atoms with Gasteiger partial charge in [-0.25, -0.2) is 0 Å². The zero-order chi connectivity index (χ0) is 9.54. The predicted octanol–water partition coefficient (Wildman–Crippen LogP) is 2.48. The van der Waals surface area contributed by atoms with Crippen LogP contribution in [0.2, 0.25) is 0 Å². The topological polar surface area (TPSA) is 29.5 Å².